The number of ether oxygens (including phenoxy) is 1. The molecule has 0 atom stereocenters. The van der Waals surface area contributed by atoms with Gasteiger partial charge in [0.1, 0.15) is 0 Å². The van der Waals surface area contributed by atoms with Crippen LogP contribution in [0.1, 0.15) is 23.7 Å². The van der Waals surface area contributed by atoms with Crippen molar-refractivity contribution in [1.82, 2.24) is 9.88 Å². The lowest BCUT2D eigenvalue weighted by Gasteiger charge is -2.23. The number of carbonyl (C=O) groups excluding carboxylic acids is 2. The van der Waals surface area contributed by atoms with E-state index in [0.29, 0.717) is 11.8 Å². The Hall–Kier alpha value is -3.82. The summed E-state index contributed by atoms with van der Waals surface area (Å²) in [6, 6.07) is 9.80. The van der Waals surface area contributed by atoms with Crippen molar-refractivity contribution in [2.24, 2.45) is 0 Å². The number of nitrogens with zero attached hydrogens (tertiary/aromatic N) is 2. The van der Waals surface area contributed by atoms with E-state index in [4.69, 9.17) is 4.74 Å². The van der Waals surface area contributed by atoms with Gasteiger partial charge in [0.15, 0.2) is 0 Å². The number of aromatic nitrogens is 1. The number of urea groups is 1. The number of anilines is 1. The number of hydrogen-bond acceptors (Lipinski definition) is 3. The Morgan fingerprint density at radius 3 is 2.55 bits per heavy atom. The Morgan fingerprint density at radius 1 is 1.12 bits per heavy atom. The van der Waals surface area contributed by atoms with Crippen molar-refractivity contribution in [3.63, 3.8) is 0 Å². The second-order valence-corrected chi connectivity index (χ2v) is 7.31. The Bertz CT molecular complexity index is 1250. The molecular formula is C23H19F4N3O3. The largest absolute Gasteiger partial charge is 0.462 e. The fourth-order valence-corrected chi connectivity index (χ4v) is 3.82. The molecule has 2 amide bonds. The molecule has 1 N–H and O–H groups in total. The first-order valence-corrected chi connectivity index (χ1v) is 10.1. The molecule has 2 aromatic carbocycles. The summed E-state index contributed by atoms with van der Waals surface area (Å²) in [6.45, 7) is 1.61. The van der Waals surface area contributed by atoms with Gasteiger partial charge in [-0.25, -0.2) is 9.59 Å². The molecule has 0 saturated heterocycles. The van der Waals surface area contributed by atoms with Gasteiger partial charge in [0.25, 0.3) is 0 Å². The first-order valence-electron chi connectivity index (χ1n) is 10.1. The molecular weight excluding hydrogens is 442 g/mol. The lowest BCUT2D eigenvalue weighted by molar-refractivity contribution is -0.137. The molecule has 0 spiro atoms. The van der Waals surface area contributed by atoms with Crippen LogP contribution in [0.2, 0.25) is 0 Å². The standard InChI is InChI=1S/C23H19F4N3O3/c1-2-33-21(31)16-13-29(12-11-15-14-7-3-5-9-18(14)28-20(15)16)22(32)30(27)19-10-6-4-8-17(19)23(24,25)26/h3-10,13,28H,2,11-12H2,1H3. The molecule has 4 rings (SSSR count). The summed E-state index contributed by atoms with van der Waals surface area (Å²) in [7, 11) is 0. The zero-order chi connectivity index (χ0) is 23.8. The summed E-state index contributed by atoms with van der Waals surface area (Å²) < 4.78 is 60.1. The Kier molecular flexibility index (Phi) is 5.84. The molecule has 33 heavy (non-hydrogen) atoms. The van der Waals surface area contributed by atoms with E-state index in [1.54, 1.807) is 6.92 Å². The van der Waals surface area contributed by atoms with Crippen molar-refractivity contribution < 1.29 is 32.0 Å². The highest BCUT2D eigenvalue weighted by atomic mass is 19.4. The van der Waals surface area contributed by atoms with Gasteiger partial charge in [0.2, 0.25) is 0 Å². The summed E-state index contributed by atoms with van der Waals surface area (Å²) in [5.74, 6) is -0.744. The second-order valence-electron chi connectivity index (χ2n) is 7.31. The molecule has 0 fully saturated rings. The number of fused-ring (bicyclic) bond motifs is 3. The molecule has 0 radical (unpaired) electrons. The van der Waals surface area contributed by atoms with Gasteiger partial charge < -0.3 is 9.72 Å². The van der Waals surface area contributed by atoms with Gasteiger partial charge in [-0.05, 0) is 37.1 Å². The molecule has 3 aromatic rings. The average molecular weight is 461 g/mol. The van der Waals surface area contributed by atoms with Crippen LogP contribution >= 0.6 is 0 Å². The summed E-state index contributed by atoms with van der Waals surface area (Å²) in [5, 5.41) is 0.261. The number of para-hydroxylation sites is 2. The highest BCUT2D eigenvalue weighted by Crippen LogP contribution is 2.37. The van der Waals surface area contributed by atoms with Crippen molar-refractivity contribution in [3.05, 3.63) is 71.6 Å². The smallest absolute Gasteiger partial charge is 0.418 e. The molecule has 0 aliphatic carbocycles. The highest BCUT2D eigenvalue weighted by Gasteiger charge is 2.37. The Morgan fingerprint density at radius 2 is 1.82 bits per heavy atom. The molecule has 2 heterocycles. The number of benzene rings is 2. The zero-order valence-electron chi connectivity index (χ0n) is 17.4. The number of halogens is 4. The maximum Gasteiger partial charge on any atom is 0.418 e. The number of amides is 2. The van der Waals surface area contributed by atoms with Crippen molar-refractivity contribution in [2.75, 3.05) is 18.3 Å². The van der Waals surface area contributed by atoms with E-state index in [1.807, 2.05) is 24.3 Å². The van der Waals surface area contributed by atoms with Gasteiger partial charge in [0, 0.05) is 23.6 Å². The van der Waals surface area contributed by atoms with E-state index >= 15 is 4.48 Å². The summed E-state index contributed by atoms with van der Waals surface area (Å²) in [4.78, 5) is 29.6. The average Bonchev–Trinajstić information content (AvgIpc) is 3.05. The van der Waals surface area contributed by atoms with Gasteiger partial charge in [0.05, 0.1) is 29.1 Å². The number of rotatable bonds is 3. The van der Waals surface area contributed by atoms with Crippen LogP contribution in [0.25, 0.3) is 16.5 Å². The van der Waals surface area contributed by atoms with E-state index in [2.05, 4.69) is 4.98 Å². The number of alkyl halides is 3. The molecule has 1 aliphatic heterocycles. The van der Waals surface area contributed by atoms with E-state index < -0.39 is 34.5 Å². The van der Waals surface area contributed by atoms with Crippen LogP contribution in [0.3, 0.4) is 0 Å². The minimum atomic E-state index is -4.86. The number of esters is 1. The van der Waals surface area contributed by atoms with Crippen LogP contribution in [0, 0.1) is 0 Å². The van der Waals surface area contributed by atoms with Crippen LogP contribution in [-0.4, -0.2) is 35.0 Å². The van der Waals surface area contributed by atoms with E-state index in [-0.39, 0.29) is 25.1 Å². The molecule has 1 aromatic heterocycles. The molecule has 0 bridgehead atoms. The van der Waals surface area contributed by atoms with Gasteiger partial charge in [-0.15, -0.1) is 5.12 Å². The van der Waals surface area contributed by atoms with Gasteiger partial charge in [-0.2, -0.15) is 13.2 Å². The Balaban J connectivity index is 1.75. The lowest BCUT2D eigenvalue weighted by Crippen LogP contribution is -2.37. The van der Waals surface area contributed by atoms with E-state index in [9.17, 15) is 22.8 Å². The summed E-state index contributed by atoms with van der Waals surface area (Å²) in [6.07, 6.45) is -3.51. The summed E-state index contributed by atoms with van der Waals surface area (Å²) in [5.41, 5.74) is -0.335. The van der Waals surface area contributed by atoms with Gasteiger partial charge >= 0.3 is 18.2 Å². The second kappa shape index (κ2) is 8.61. The minimum Gasteiger partial charge on any atom is -0.462 e. The van der Waals surface area contributed by atoms with Gasteiger partial charge in [-0.3, -0.25) is 4.90 Å². The predicted octanol–water partition coefficient (Wildman–Crippen LogP) is 5.46. The lowest BCUT2D eigenvalue weighted by atomic mass is 10.0. The zero-order valence-corrected chi connectivity index (χ0v) is 17.4. The Labute approximate surface area is 186 Å². The number of hydrogen-bond donors (Lipinski definition) is 1. The first kappa shape index (κ1) is 22.4. The monoisotopic (exact) mass is 461 g/mol. The van der Waals surface area contributed by atoms with Crippen molar-refractivity contribution in [3.8, 4) is 0 Å². The van der Waals surface area contributed by atoms with Gasteiger partial charge in [-0.1, -0.05) is 34.8 Å². The van der Waals surface area contributed by atoms with E-state index in [0.717, 1.165) is 39.7 Å². The third kappa shape index (κ3) is 4.15. The minimum absolute atomic E-state index is 0.0218. The number of carbonyl (C=O) groups is 2. The fourth-order valence-electron chi connectivity index (χ4n) is 3.82. The third-order valence-electron chi connectivity index (χ3n) is 5.30. The van der Waals surface area contributed by atoms with Crippen LogP contribution in [0.15, 0.2) is 54.7 Å². The maximum atomic E-state index is 15.0. The molecule has 1 aliphatic rings. The SMILES string of the molecule is CCOC(=O)C1=CN(C(=O)N(F)c2ccccc2C(F)(F)F)CCc2c1[nH]c1ccccc21. The molecule has 6 nitrogen and oxygen atoms in total. The van der Waals surface area contributed by atoms with E-state index in [1.165, 1.54) is 6.07 Å². The van der Waals surface area contributed by atoms with Crippen LogP contribution in [0.4, 0.5) is 28.1 Å². The summed E-state index contributed by atoms with van der Waals surface area (Å²) >= 11 is 0. The van der Waals surface area contributed by atoms with Crippen molar-refractivity contribution >= 4 is 34.2 Å². The molecule has 172 valence electrons. The van der Waals surface area contributed by atoms with Crippen LogP contribution in [0.5, 0.6) is 0 Å². The molecule has 0 saturated carbocycles. The fraction of sp³-hybridized carbons (Fsp3) is 0.217. The van der Waals surface area contributed by atoms with Crippen molar-refractivity contribution in [2.45, 2.75) is 19.5 Å². The third-order valence-corrected chi connectivity index (χ3v) is 5.30. The first-order chi connectivity index (χ1) is 15.7. The molecule has 0 unspecified atom stereocenters. The molecule has 10 heteroatoms. The highest BCUT2D eigenvalue weighted by molar-refractivity contribution is 6.18. The predicted molar refractivity (Wildman–Crippen MR) is 114 cm³/mol. The topological polar surface area (TPSA) is 65.6 Å². The van der Waals surface area contributed by atoms with Crippen LogP contribution in [-0.2, 0) is 22.1 Å². The quantitative estimate of drug-likeness (QED) is 0.320. The number of aromatic amines is 1. The van der Waals surface area contributed by atoms with Crippen molar-refractivity contribution in [1.29, 1.82) is 0 Å². The number of nitrogens with one attached hydrogen (secondary N) is 1. The normalized spacial score (nSPS) is 13.8. The number of H-pyrrole nitrogens is 1. The van der Waals surface area contributed by atoms with Crippen LogP contribution < -0.4 is 5.12 Å². The maximum absolute atomic E-state index is 15.0.